The molecular weight excluding hydrogens is 234 g/mol. The number of benzene rings is 1. The Labute approximate surface area is 102 Å². The lowest BCUT2D eigenvalue weighted by atomic mass is 10.1. The van der Waals surface area contributed by atoms with Gasteiger partial charge in [-0.3, -0.25) is 0 Å². The third-order valence-corrected chi connectivity index (χ3v) is 2.35. The molecule has 6 nitrogen and oxygen atoms in total. The van der Waals surface area contributed by atoms with Gasteiger partial charge in [0.15, 0.2) is 5.69 Å². The van der Waals surface area contributed by atoms with Crippen LogP contribution >= 0.6 is 0 Å². The lowest BCUT2D eigenvalue weighted by Gasteiger charge is -2.05. The number of rotatable bonds is 3. The van der Waals surface area contributed by atoms with E-state index in [0.29, 0.717) is 11.3 Å². The first kappa shape index (κ1) is 11.7. The summed E-state index contributed by atoms with van der Waals surface area (Å²) in [6.07, 6.45) is 1.03. The summed E-state index contributed by atoms with van der Waals surface area (Å²) in [5.41, 5.74) is 1.61. The Hall–Kier alpha value is -2.81. The summed E-state index contributed by atoms with van der Waals surface area (Å²) in [6.45, 7) is 1.81. The van der Waals surface area contributed by atoms with Crippen LogP contribution in [0.5, 0.6) is 0 Å². The smallest absolute Gasteiger partial charge is 0.357 e. The fourth-order valence-electron chi connectivity index (χ4n) is 1.46. The molecule has 18 heavy (non-hydrogen) atoms. The molecule has 0 aliphatic rings. The molecule has 1 aromatic carbocycles. The van der Waals surface area contributed by atoms with Crippen LogP contribution in [0, 0.1) is 18.3 Å². The molecule has 6 heteroatoms. The van der Waals surface area contributed by atoms with E-state index < -0.39 is 5.97 Å². The van der Waals surface area contributed by atoms with Crippen LogP contribution in [-0.4, -0.2) is 16.1 Å². The molecule has 0 fully saturated rings. The average molecular weight is 243 g/mol. The Morgan fingerprint density at radius 1 is 1.56 bits per heavy atom. The van der Waals surface area contributed by atoms with Crippen LogP contribution in [-0.2, 0) is 0 Å². The molecule has 0 bridgehead atoms. The third-order valence-electron chi connectivity index (χ3n) is 2.35. The van der Waals surface area contributed by atoms with Crippen molar-refractivity contribution in [3.63, 3.8) is 0 Å². The zero-order valence-electron chi connectivity index (χ0n) is 9.47. The Kier molecular flexibility index (Phi) is 2.98. The number of hydrogen-bond donors (Lipinski definition) is 2. The maximum absolute atomic E-state index is 10.6. The molecule has 1 heterocycles. The molecule has 90 valence electrons. The highest BCUT2D eigenvalue weighted by Crippen LogP contribution is 2.22. The van der Waals surface area contributed by atoms with Crippen molar-refractivity contribution >= 4 is 17.7 Å². The first-order valence-electron chi connectivity index (χ1n) is 5.07. The molecule has 0 radical (unpaired) electrons. The van der Waals surface area contributed by atoms with Gasteiger partial charge < -0.3 is 14.8 Å². The highest BCUT2D eigenvalue weighted by atomic mass is 16.4. The third kappa shape index (κ3) is 2.15. The summed E-state index contributed by atoms with van der Waals surface area (Å²) in [7, 11) is 0. The zero-order chi connectivity index (χ0) is 13.1. The number of carbonyl (C=O) groups is 1. The summed E-state index contributed by atoms with van der Waals surface area (Å²) in [5.74, 6) is -1.17. The van der Waals surface area contributed by atoms with Crippen LogP contribution in [0.1, 0.15) is 21.6 Å². The van der Waals surface area contributed by atoms with E-state index >= 15 is 0 Å². The lowest BCUT2D eigenvalue weighted by Crippen LogP contribution is -1.98. The molecule has 0 spiro atoms. The topological polar surface area (TPSA) is 99.2 Å². The Morgan fingerprint density at radius 2 is 2.33 bits per heavy atom. The second-order valence-electron chi connectivity index (χ2n) is 3.58. The fourth-order valence-corrected chi connectivity index (χ4v) is 1.46. The predicted octanol–water partition coefficient (Wildman–Crippen LogP) is 2.30. The van der Waals surface area contributed by atoms with Gasteiger partial charge in [0.1, 0.15) is 12.3 Å². The second kappa shape index (κ2) is 4.59. The van der Waals surface area contributed by atoms with E-state index in [2.05, 4.69) is 16.4 Å². The lowest BCUT2D eigenvalue weighted by molar-refractivity contribution is 0.0690. The number of nitrogens with one attached hydrogen (secondary N) is 1. The summed E-state index contributed by atoms with van der Waals surface area (Å²) >= 11 is 0. The molecule has 0 saturated carbocycles. The van der Waals surface area contributed by atoms with Gasteiger partial charge in [0.25, 0.3) is 6.01 Å². The molecule has 0 amide bonds. The van der Waals surface area contributed by atoms with Crippen LogP contribution in [0.4, 0.5) is 11.7 Å². The largest absolute Gasteiger partial charge is 0.476 e. The monoisotopic (exact) mass is 243 g/mol. The number of aromatic carboxylic acids is 1. The average Bonchev–Trinajstić information content (AvgIpc) is 2.78. The van der Waals surface area contributed by atoms with Gasteiger partial charge in [0.05, 0.1) is 11.3 Å². The predicted molar refractivity (Wildman–Crippen MR) is 62.6 cm³/mol. The first-order chi connectivity index (χ1) is 8.61. The number of aryl methyl sites for hydroxylation is 1. The minimum Gasteiger partial charge on any atom is -0.476 e. The second-order valence-corrected chi connectivity index (χ2v) is 3.58. The van der Waals surface area contributed by atoms with Gasteiger partial charge in [0, 0.05) is 0 Å². The van der Waals surface area contributed by atoms with Crippen LogP contribution < -0.4 is 5.32 Å². The number of hydrogen-bond acceptors (Lipinski definition) is 5. The summed E-state index contributed by atoms with van der Waals surface area (Å²) < 4.78 is 4.96. The van der Waals surface area contributed by atoms with Crippen LogP contribution in [0.2, 0.25) is 0 Å². The van der Waals surface area contributed by atoms with E-state index in [4.69, 9.17) is 14.8 Å². The molecule has 0 aliphatic carbocycles. The molecule has 2 N–H and O–H groups in total. The highest BCUT2D eigenvalue weighted by Gasteiger charge is 2.12. The van der Waals surface area contributed by atoms with E-state index in [1.54, 1.807) is 12.1 Å². The Balaban J connectivity index is 2.31. The normalized spacial score (nSPS) is 9.78. The van der Waals surface area contributed by atoms with Crippen molar-refractivity contribution < 1.29 is 14.3 Å². The van der Waals surface area contributed by atoms with E-state index in [1.165, 1.54) is 0 Å². The summed E-state index contributed by atoms with van der Waals surface area (Å²) in [6, 6.07) is 7.38. The molecule has 2 aromatic rings. The Morgan fingerprint density at radius 3 is 2.94 bits per heavy atom. The van der Waals surface area contributed by atoms with E-state index in [9.17, 15) is 4.79 Å². The Bertz CT molecular complexity index is 640. The van der Waals surface area contributed by atoms with Crippen molar-refractivity contribution in [2.75, 3.05) is 5.32 Å². The van der Waals surface area contributed by atoms with Gasteiger partial charge in [-0.15, -0.1) is 0 Å². The van der Waals surface area contributed by atoms with Gasteiger partial charge in [-0.2, -0.15) is 10.2 Å². The minimum atomic E-state index is -1.17. The molecule has 1 aromatic heterocycles. The van der Waals surface area contributed by atoms with Crippen molar-refractivity contribution in [1.82, 2.24) is 4.98 Å². The van der Waals surface area contributed by atoms with Gasteiger partial charge in [-0.1, -0.05) is 12.1 Å². The number of carboxylic acids is 1. The SMILES string of the molecule is Cc1cccc(Nc2nc(C(=O)O)co2)c1C#N. The zero-order valence-corrected chi connectivity index (χ0v) is 9.47. The van der Waals surface area contributed by atoms with Gasteiger partial charge >= 0.3 is 5.97 Å². The van der Waals surface area contributed by atoms with Crippen molar-refractivity contribution in [3.05, 3.63) is 41.3 Å². The highest BCUT2D eigenvalue weighted by molar-refractivity contribution is 5.85. The number of nitrogens with zero attached hydrogens (tertiary/aromatic N) is 2. The minimum absolute atomic E-state index is 0.0366. The molecule has 0 saturated heterocycles. The quantitative estimate of drug-likeness (QED) is 0.857. The van der Waals surface area contributed by atoms with Crippen molar-refractivity contribution in [3.8, 4) is 6.07 Å². The standard InChI is InChI=1S/C12H9N3O3/c1-7-3-2-4-9(8(7)5-13)14-12-15-10(6-18-12)11(16)17/h2-4,6H,1H3,(H,14,15)(H,16,17). The molecule has 2 rings (SSSR count). The van der Waals surface area contributed by atoms with E-state index in [0.717, 1.165) is 11.8 Å². The van der Waals surface area contributed by atoms with Crippen LogP contribution in [0.3, 0.4) is 0 Å². The number of carboxylic acid groups (broad SMARTS) is 1. The maximum atomic E-state index is 10.6. The van der Waals surface area contributed by atoms with Crippen LogP contribution in [0.15, 0.2) is 28.9 Å². The number of anilines is 2. The maximum Gasteiger partial charge on any atom is 0.357 e. The van der Waals surface area contributed by atoms with Crippen molar-refractivity contribution in [1.29, 1.82) is 5.26 Å². The molecular formula is C12H9N3O3. The van der Waals surface area contributed by atoms with Crippen molar-refractivity contribution in [2.45, 2.75) is 6.92 Å². The fraction of sp³-hybridized carbons (Fsp3) is 0.0833. The van der Waals surface area contributed by atoms with Gasteiger partial charge in [-0.25, -0.2) is 4.79 Å². The number of aromatic nitrogens is 1. The van der Waals surface area contributed by atoms with Crippen LogP contribution in [0.25, 0.3) is 0 Å². The number of oxazole rings is 1. The van der Waals surface area contributed by atoms with Crippen molar-refractivity contribution in [2.24, 2.45) is 0 Å². The first-order valence-corrected chi connectivity index (χ1v) is 5.07. The summed E-state index contributed by atoms with van der Waals surface area (Å²) in [4.78, 5) is 14.4. The molecule has 0 unspecified atom stereocenters. The van der Waals surface area contributed by atoms with E-state index in [1.807, 2.05) is 13.0 Å². The van der Waals surface area contributed by atoms with Gasteiger partial charge in [0.2, 0.25) is 0 Å². The van der Waals surface area contributed by atoms with E-state index in [-0.39, 0.29) is 11.7 Å². The van der Waals surface area contributed by atoms with Gasteiger partial charge in [-0.05, 0) is 18.6 Å². The number of nitriles is 1. The molecule has 0 atom stereocenters. The summed E-state index contributed by atoms with van der Waals surface area (Å²) in [5, 5.41) is 20.5. The molecule has 0 aliphatic heterocycles.